The molecule has 0 unspecified atom stereocenters. The fraction of sp³-hybridized carbons (Fsp3) is 0.222. The number of thiocarbonyl (C=S) groups is 1. The molecule has 0 saturated carbocycles. The zero-order chi connectivity index (χ0) is 16.9. The third-order valence-corrected chi connectivity index (χ3v) is 3.34. The second-order valence-electron chi connectivity index (χ2n) is 6.15. The summed E-state index contributed by atoms with van der Waals surface area (Å²) in [6, 6.07) is 19.6. The lowest BCUT2D eigenvalue weighted by Crippen LogP contribution is -2.49. The van der Waals surface area contributed by atoms with Crippen molar-refractivity contribution in [2.24, 2.45) is 5.41 Å². The highest BCUT2D eigenvalue weighted by Crippen LogP contribution is 2.22. The molecule has 2 aromatic rings. The van der Waals surface area contributed by atoms with Crippen LogP contribution in [-0.4, -0.2) is 11.0 Å². The van der Waals surface area contributed by atoms with Crippen LogP contribution in [0.1, 0.15) is 20.8 Å². The van der Waals surface area contributed by atoms with Crippen molar-refractivity contribution in [3.8, 4) is 0 Å². The molecule has 0 heterocycles. The molecule has 0 bridgehead atoms. The van der Waals surface area contributed by atoms with Crippen molar-refractivity contribution in [3.63, 3.8) is 0 Å². The number of anilines is 2. The molecule has 0 aliphatic heterocycles. The molecule has 0 atom stereocenters. The van der Waals surface area contributed by atoms with Crippen LogP contribution in [0.5, 0.6) is 0 Å². The van der Waals surface area contributed by atoms with Crippen LogP contribution in [0.15, 0.2) is 60.7 Å². The van der Waals surface area contributed by atoms with Gasteiger partial charge in [-0.2, -0.15) is 0 Å². The molecular formula is C18H21N3OS. The van der Waals surface area contributed by atoms with Crippen molar-refractivity contribution in [1.82, 2.24) is 10.7 Å². The van der Waals surface area contributed by atoms with Crippen LogP contribution in [-0.2, 0) is 4.79 Å². The number of nitrogens with one attached hydrogen (secondary N) is 2. The van der Waals surface area contributed by atoms with E-state index in [9.17, 15) is 4.79 Å². The predicted molar refractivity (Wildman–Crippen MR) is 98.4 cm³/mol. The van der Waals surface area contributed by atoms with Crippen molar-refractivity contribution in [2.75, 3.05) is 5.01 Å². The van der Waals surface area contributed by atoms with Gasteiger partial charge >= 0.3 is 0 Å². The molecule has 0 aromatic heterocycles. The highest BCUT2D eigenvalue weighted by atomic mass is 32.1. The summed E-state index contributed by atoms with van der Waals surface area (Å²) >= 11 is 5.29. The number of para-hydroxylation sites is 2. The van der Waals surface area contributed by atoms with Gasteiger partial charge in [0.2, 0.25) is 5.91 Å². The fourth-order valence-electron chi connectivity index (χ4n) is 1.85. The van der Waals surface area contributed by atoms with Gasteiger partial charge in [0, 0.05) is 5.41 Å². The quantitative estimate of drug-likeness (QED) is 0.665. The summed E-state index contributed by atoms with van der Waals surface area (Å²) < 4.78 is 0. The maximum absolute atomic E-state index is 12.1. The molecule has 0 spiro atoms. The van der Waals surface area contributed by atoms with E-state index in [1.54, 1.807) is 0 Å². The zero-order valence-corrected chi connectivity index (χ0v) is 14.4. The molecule has 1 amide bonds. The van der Waals surface area contributed by atoms with Crippen LogP contribution in [0.25, 0.3) is 0 Å². The molecule has 4 nitrogen and oxygen atoms in total. The van der Waals surface area contributed by atoms with Gasteiger partial charge in [-0.15, -0.1) is 0 Å². The van der Waals surface area contributed by atoms with Gasteiger partial charge in [0.25, 0.3) is 0 Å². The first-order valence-corrected chi connectivity index (χ1v) is 7.81. The first-order chi connectivity index (χ1) is 10.9. The average Bonchev–Trinajstić information content (AvgIpc) is 2.53. The topological polar surface area (TPSA) is 44.4 Å². The van der Waals surface area contributed by atoms with Gasteiger partial charge in [0.15, 0.2) is 5.11 Å². The summed E-state index contributed by atoms with van der Waals surface area (Å²) in [6.45, 7) is 5.53. The minimum absolute atomic E-state index is 0.129. The van der Waals surface area contributed by atoms with E-state index in [1.165, 1.54) is 0 Å². The van der Waals surface area contributed by atoms with Crippen molar-refractivity contribution in [1.29, 1.82) is 0 Å². The fourth-order valence-corrected chi connectivity index (χ4v) is 2.04. The Morgan fingerprint density at radius 2 is 1.35 bits per heavy atom. The standard InChI is InChI=1S/C18H21N3OS/c1-18(2,3)16(22)19-17(23)20-21(14-10-6-4-7-11-14)15-12-8-5-9-13-15/h4-13H,1-3H3,(H2,19,20,22,23). The Kier molecular flexibility index (Phi) is 5.34. The maximum atomic E-state index is 12.1. The Labute approximate surface area is 142 Å². The summed E-state index contributed by atoms with van der Waals surface area (Å²) in [5, 5.41) is 4.83. The van der Waals surface area contributed by atoms with Gasteiger partial charge in [0.05, 0.1) is 11.4 Å². The minimum Gasteiger partial charge on any atom is -0.301 e. The number of hydrogen-bond acceptors (Lipinski definition) is 3. The molecule has 0 fully saturated rings. The van der Waals surface area contributed by atoms with Crippen molar-refractivity contribution >= 4 is 34.6 Å². The summed E-state index contributed by atoms with van der Waals surface area (Å²) in [7, 11) is 0. The second-order valence-corrected chi connectivity index (χ2v) is 6.56. The molecule has 0 aliphatic rings. The Hall–Kier alpha value is -2.40. The van der Waals surface area contributed by atoms with Gasteiger partial charge in [-0.05, 0) is 36.5 Å². The Balaban J connectivity index is 2.19. The number of carbonyl (C=O) groups excluding carboxylic acids is 1. The normalized spacial score (nSPS) is 10.7. The van der Waals surface area contributed by atoms with E-state index in [-0.39, 0.29) is 11.0 Å². The second kappa shape index (κ2) is 7.24. The molecule has 120 valence electrons. The van der Waals surface area contributed by atoms with E-state index >= 15 is 0 Å². The van der Waals surface area contributed by atoms with Gasteiger partial charge in [0.1, 0.15) is 0 Å². The first-order valence-electron chi connectivity index (χ1n) is 7.40. The van der Waals surface area contributed by atoms with E-state index in [0.29, 0.717) is 0 Å². The Morgan fingerprint density at radius 3 is 1.74 bits per heavy atom. The molecule has 2 N–H and O–H groups in total. The lowest BCUT2D eigenvalue weighted by Gasteiger charge is -2.27. The lowest BCUT2D eigenvalue weighted by molar-refractivity contribution is -0.126. The van der Waals surface area contributed by atoms with Crippen LogP contribution in [0.4, 0.5) is 11.4 Å². The van der Waals surface area contributed by atoms with Crippen molar-refractivity contribution < 1.29 is 4.79 Å². The average molecular weight is 327 g/mol. The van der Waals surface area contributed by atoms with Gasteiger partial charge < -0.3 is 5.32 Å². The first kappa shape index (κ1) is 17.0. The van der Waals surface area contributed by atoms with Crippen molar-refractivity contribution in [3.05, 3.63) is 60.7 Å². The number of amides is 1. The van der Waals surface area contributed by atoms with Gasteiger partial charge in [-0.25, -0.2) is 0 Å². The summed E-state index contributed by atoms with van der Waals surface area (Å²) in [5.74, 6) is -0.129. The van der Waals surface area contributed by atoms with Crippen LogP contribution >= 0.6 is 12.2 Å². The smallest absolute Gasteiger partial charge is 0.231 e. The monoisotopic (exact) mass is 327 g/mol. The molecule has 23 heavy (non-hydrogen) atoms. The number of carbonyl (C=O) groups is 1. The SMILES string of the molecule is CC(C)(C)C(=O)NC(=S)NN(c1ccccc1)c1ccccc1. The number of hydrogen-bond donors (Lipinski definition) is 2. The highest BCUT2D eigenvalue weighted by Gasteiger charge is 2.22. The molecule has 0 radical (unpaired) electrons. The zero-order valence-electron chi connectivity index (χ0n) is 13.5. The minimum atomic E-state index is -0.504. The summed E-state index contributed by atoms with van der Waals surface area (Å²) in [6.07, 6.45) is 0. The molecule has 2 aromatic carbocycles. The van der Waals surface area contributed by atoms with E-state index in [0.717, 1.165) is 11.4 Å². The van der Waals surface area contributed by atoms with Gasteiger partial charge in [-0.3, -0.25) is 15.2 Å². The lowest BCUT2D eigenvalue weighted by atomic mass is 9.96. The van der Waals surface area contributed by atoms with Crippen molar-refractivity contribution in [2.45, 2.75) is 20.8 Å². The Morgan fingerprint density at radius 1 is 0.913 bits per heavy atom. The molecular weight excluding hydrogens is 306 g/mol. The summed E-state index contributed by atoms with van der Waals surface area (Å²) in [4.78, 5) is 12.1. The van der Waals surface area contributed by atoms with Crippen LogP contribution in [0, 0.1) is 5.41 Å². The number of rotatable bonds is 3. The molecule has 0 saturated heterocycles. The summed E-state index contributed by atoms with van der Waals surface area (Å²) in [5.41, 5.74) is 4.43. The molecule has 0 aliphatic carbocycles. The van der Waals surface area contributed by atoms with E-state index in [4.69, 9.17) is 12.2 Å². The molecule has 2 rings (SSSR count). The number of hydrazine groups is 1. The van der Waals surface area contributed by atoms with Crippen LogP contribution < -0.4 is 15.8 Å². The highest BCUT2D eigenvalue weighted by molar-refractivity contribution is 7.80. The van der Waals surface area contributed by atoms with E-state index in [2.05, 4.69) is 10.7 Å². The largest absolute Gasteiger partial charge is 0.301 e. The number of benzene rings is 2. The van der Waals surface area contributed by atoms with Gasteiger partial charge in [-0.1, -0.05) is 57.2 Å². The third-order valence-electron chi connectivity index (χ3n) is 3.15. The Bertz CT molecular complexity index is 626. The molecule has 5 heteroatoms. The van der Waals surface area contributed by atoms with Crippen LogP contribution in [0.2, 0.25) is 0 Å². The van der Waals surface area contributed by atoms with Crippen LogP contribution in [0.3, 0.4) is 0 Å². The van der Waals surface area contributed by atoms with E-state index in [1.807, 2.05) is 86.4 Å². The van der Waals surface area contributed by atoms with E-state index < -0.39 is 5.41 Å². The third kappa shape index (κ3) is 4.79. The maximum Gasteiger partial charge on any atom is 0.231 e. The number of nitrogens with zero attached hydrogens (tertiary/aromatic N) is 1. The predicted octanol–water partition coefficient (Wildman–Crippen LogP) is 3.78.